The first-order valence-electron chi connectivity index (χ1n) is 15.0. The standard InChI is InChI=1S/C34H32ClN5O4S2/c1-4-5-8-18-44-24-15-13-22(14-16-24)28-26(29(41)27-21(3)39-17-9-10-20(2)31(39)36-27)30(42)32(43)40(28)33-37-38-34(46-33)45-19-23-11-6-7-12-25(23)35/h6-7,9-17,28,41H,4-5,8,18-19H2,1-3H3/b29-26+. The molecule has 1 saturated heterocycles. The van der Waals surface area contributed by atoms with E-state index in [4.69, 9.17) is 16.3 Å². The Labute approximate surface area is 279 Å². The number of halogens is 1. The number of anilines is 1. The van der Waals surface area contributed by atoms with E-state index >= 15 is 0 Å². The highest BCUT2D eigenvalue weighted by molar-refractivity contribution is 8.00. The lowest BCUT2D eigenvalue weighted by Gasteiger charge is -2.22. The summed E-state index contributed by atoms with van der Waals surface area (Å²) in [5.41, 5.74) is 3.94. The van der Waals surface area contributed by atoms with Crippen LogP contribution in [0, 0.1) is 13.8 Å². The number of carbonyl (C=O) groups is 2. The van der Waals surface area contributed by atoms with Crippen LogP contribution in [0.5, 0.6) is 5.75 Å². The number of ether oxygens (including phenoxy) is 1. The van der Waals surface area contributed by atoms with Gasteiger partial charge in [0.1, 0.15) is 17.1 Å². The van der Waals surface area contributed by atoms with E-state index in [1.54, 1.807) is 12.1 Å². The third-order valence-electron chi connectivity index (χ3n) is 7.88. The van der Waals surface area contributed by atoms with E-state index in [-0.39, 0.29) is 22.2 Å². The van der Waals surface area contributed by atoms with Crippen LogP contribution in [0.25, 0.3) is 11.4 Å². The SMILES string of the molecule is CCCCCOc1ccc(C2/C(=C(\O)c3nc4c(C)cccn4c3C)C(=O)C(=O)N2c2nnc(SCc3ccccc3Cl)s2)cc1. The summed E-state index contributed by atoms with van der Waals surface area (Å²) in [5.74, 6) is -0.733. The van der Waals surface area contributed by atoms with E-state index in [1.807, 2.05) is 73.0 Å². The minimum atomic E-state index is -0.964. The third-order valence-corrected chi connectivity index (χ3v) is 10.3. The summed E-state index contributed by atoms with van der Waals surface area (Å²) in [6.45, 7) is 6.47. The molecule has 9 nitrogen and oxygen atoms in total. The molecule has 12 heteroatoms. The van der Waals surface area contributed by atoms with Gasteiger partial charge in [0.15, 0.2) is 10.1 Å². The molecule has 1 N–H and O–H groups in total. The number of rotatable bonds is 11. The quantitative estimate of drug-likeness (QED) is 0.0376. The number of aliphatic hydroxyl groups excluding tert-OH is 1. The van der Waals surface area contributed by atoms with Crippen LogP contribution in [0.3, 0.4) is 0 Å². The summed E-state index contributed by atoms with van der Waals surface area (Å²) in [4.78, 5) is 33.5. The van der Waals surface area contributed by atoms with Crippen LogP contribution >= 0.6 is 34.7 Å². The normalized spacial score (nSPS) is 16.1. The van der Waals surface area contributed by atoms with Crippen LogP contribution in [0.15, 0.2) is 76.8 Å². The number of ketones is 1. The Balaban J connectivity index is 1.40. The van der Waals surface area contributed by atoms with Crippen LogP contribution < -0.4 is 9.64 Å². The highest BCUT2D eigenvalue weighted by Crippen LogP contribution is 2.44. The number of Topliss-reactive ketones (excluding diaryl/α,β-unsaturated/α-hetero) is 1. The summed E-state index contributed by atoms with van der Waals surface area (Å²) in [6, 6.07) is 17.6. The second-order valence-corrected chi connectivity index (χ2v) is 13.5. The first-order valence-corrected chi connectivity index (χ1v) is 17.1. The Morgan fingerprint density at radius 3 is 2.57 bits per heavy atom. The van der Waals surface area contributed by atoms with Gasteiger partial charge < -0.3 is 14.2 Å². The molecule has 3 aromatic heterocycles. The van der Waals surface area contributed by atoms with Gasteiger partial charge in [-0.2, -0.15) is 0 Å². The number of aliphatic hydroxyl groups is 1. The molecule has 1 aliphatic heterocycles. The van der Waals surface area contributed by atoms with Crippen molar-refractivity contribution in [2.45, 2.75) is 56.2 Å². The topological polar surface area (TPSA) is 110 Å². The fourth-order valence-electron chi connectivity index (χ4n) is 5.42. The van der Waals surface area contributed by atoms with Crippen molar-refractivity contribution in [3.05, 3.63) is 106 Å². The minimum Gasteiger partial charge on any atom is -0.505 e. The number of thioether (sulfide) groups is 1. The summed E-state index contributed by atoms with van der Waals surface area (Å²) in [6.07, 6.45) is 4.97. The lowest BCUT2D eigenvalue weighted by Crippen LogP contribution is -2.29. The van der Waals surface area contributed by atoms with E-state index in [0.717, 1.165) is 30.4 Å². The first-order chi connectivity index (χ1) is 22.3. The molecule has 0 spiro atoms. The van der Waals surface area contributed by atoms with E-state index in [9.17, 15) is 14.7 Å². The summed E-state index contributed by atoms with van der Waals surface area (Å²) in [7, 11) is 0. The maximum Gasteiger partial charge on any atom is 0.301 e. The molecule has 0 aliphatic carbocycles. The number of hydrogen-bond donors (Lipinski definition) is 1. The molecule has 0 bridgehead atoms. The monoisotopic (exact) mass is 673 g/mol. The van der Waals surface area contributed by atoms with Crippen molar-refractivity contribution in [1.82, 2.24) is 19.6 Å². The molecule has 1 fully saturated rings. The number of amides is 1. The number of hydrogen-bond acceptors (Lipinski definition) is 9. The van der Waals surface area contributed by atoms with Crippen molar-refractivity contribution in [3.63, 3.8) is 0 Å². The van der Waals surface area contributed by atoms with Crippen LogP contribution in [0.2, 0.25) is 5.02 Å². The second-order valence-electron chi connectivity index (χ2n) is 11.0. The molecule has 6 rings (SSSR count). The zero-order valence-corrected chi connectivity index (χ0v) is 28.0. The van der Waals surface area contributed by atoms with Gasteiger partial charge in [-0.15, -0.1) is 10.2 Å². The zero-order valence-electron chi connectivity index (χ0n) is 25.6. The van der Waals surface area contributed by atoms with E-state index < -0.39 is 17.7 Å². The predicted molar refractivity (Wildman–Crippen MR) is 182 cm³/mol. The van der Waals surface area contributed by atoms with Crippen LogP contribution in [-0.4, -0.2) is 43.0 Å². The average molecular weight is 674 g/mol. The smallest absolute Gasteiger partial charge is 0.301 e. The van der Waals surface area contributed by atoms with Gasteiger partial charge in [0.25, 0.3) is 5.78 Å². The molecule has 1 unspecified atom stereocenters. The fraction of sp³-hybridized carbons (Fsp3) is 0.265. The van der Waals surface area contributed by atoms with Gasteiger partial charge in [-0.3, -0.25) is 14.5 Å². The molecule has 1 amide bonds. The highest BCUT2D eigenvalue weighted by atomic mass is 35.5. The van der Waals surface area contributed by atoms with Gasteiger partial charge in [0, 0.05) is 17.0 Å². The van der Waals surface area contributed by atoms with Crippen molar-refractivity contribution in [2.75, 3.05) is 11.5 Å². The van der Waals surface area contributed by atoms with Crippen molar-refractivity contribution >= 4 is 62.9 Å². The Morgan fingerprint density at radius 1 is 1.04 bits per heavy atom. The Kier molecular flexibility index (Phi) is 9.44. The summed E-state index contributed by atoms with van der Waals surface area (Å²) in [5, 5.41) is 21.3. The molecule has 1 atom stereocenters. The number of aryl methyl sites for hydroxylation is 2. The molecule has 0 saturated carbocycles. The van der Waals surface area contributed by atoms with Crippen molar-refractivity contribution in [3.8, 4) is 5.75 Å². The maximum absolute atomic E-state index is 13.8. The molecule has 2 aromatic carbocycles. The Morgan fingerprint density at radius 2 is 1.83 bits per heavy atom. The van der Waals surface area contributed by atoms with Gasteiger partial charge >= 0.3 is 5.91 Å². The van der Waals surface area contributed by atoms with Crippen molar-refractivity contribution in [1.29, 1.82) is 0 Å². The van der Waals surface area contributed by atoms with E-state index in [1.165, 1.54) is 28.0 Å². The first kappa shape index (κ1) is 31.8. The lowest BCUT2D eigenvalue weighted by atomic mass is 9.96. The van der Waals surface area contributed by atoms with Gasteiger partial charge in [-0.25, -0.2) is 4.98 Å². The maximum atomic E-state index is 13.8. The molecule has 236 valence electrons. The minimum absolute atomic E-state index is 0.0637. The van der Waals surface area contributed by atoms with Crippen LogP contribution in [0.1, 0.15) is 60.3 Å². The number of imidazole rings is 1. The number of fused-ring (bicyclic) bond motifs is 1. The van der Waals surface area contributed by atoms with Crippen LogP contribution in [0.4, 0.5) is 5.13 Å². The number of carbonyl (C=O) groups excluding carboxylic acids is 2. The molecule has 46 heavy (non-hydrogen) atoms. The molecule has 5 aromatic rings. The zero-order chi connectivity index (χ0) is 32.4. The molecule has 0 radical (unpaired) electrons. The van der Waals surface area contributed by atoms with Gasteiger partial charge in [0.05, 0.1) is 23.9 Å². The third kappa shape index (κ3) is 6.14. The number of benzene rings is 2. The average Bonchev–Trinajstić information content (AvgIpc) is 3.74. The molecule has 1 aliphatic rings. The summed E-state index contributed by atoms with van der Waals surface area (Å²) >= 11 is 8.97. The van der Waals surface area contributed by atoms with E-state index in [0.29, 0.717) is 44.4 Å². The van der Waals surface area contributed by atoms with Crippen LogP contribution in [-0.2, 0) is 15.3 Å². The Hall–Kier alpha value is -4.19. The molecule has 4 heterocycles. The van der Waals surface area contributed by atoms with E-state index in [2.05, 4.69) is 22.1 Å². The second kappa shape index (κ2) is 13.7. The van der Waals surface area contributed by atoms with Crippen molar-refractivity contribution < 1.29 is 19.4 Å². The number of nitrogens with zero attached hydrogens (tertiary/aromatic N) is 5. The highest BCUT2D eigenvalue weighted by Gasteiger charge is 2.49. The van der Waals surface area contributed by atoms with Gasteiger partial charge in [-0.05, 0) is 61.2 Å². The van der Waals surface area contributed by atoms with Gasteiger partial charge in [-0.1, -0.05) is 90.9 Å². The van der Waals surface area contributed by atoms with Crippen molar-refractivity contribution in [2.24, 2.45) is 0 Å². The largest absolute Gasteiger partial charge is 0.505 e. The predicted octanol–water partition coefficient (Wildman–Crippen LogP) is 7.94. The molecular formula is C34H32ClN5O4S2. The molecular weight excluding hydrogens is 642 g/mol. The Bertz CT molecular complexity index is 1950. The summed E-state index contributed by atoms with van der Waals surface area (Å²) < 4.78 is 8.37. The van der Waals surface area contributed by atoms with Gasteiger partial charge in [0.2, 0.25) is 5.13 Å². The number of aromatic nitrogens is 4. The number of pyridine rings is 1. The fourth-order valence-corrected chi connectivity index (χ4v) is 7.57. The number of unbranched alkanes of at least 4 members (excludes halogenated alkanes) is 2. The lowest BCUT2D eigenvalue weighted by molar-refractivity contribution is -0.132.